The maximum absolute atomic E-state index is 4.43. The number of aromatic amines is 1. The van der Waals surface area contributed by atoms with Crippen LogP contribution in [0.5, 0.6) is 0 Å². The SMILES string of the molecule is Cc1cc[c]cc1-c1cnc(-c2ccccc2)[nH]1. The van der Waals surface area contributed by atoms with Crippen LogP contribution in [0, 0.1) is 13.0 Å². The van der Waals surface area contributed by atoms with Gasteiger partial charge in [-0.2, -0.15) is 0 Å². The van der Waals surface area contributed by atoms with Gasteiger partial charge in [0.05, 0.1) is 11.9 Å². The van der Waals surface area contributed by atoms with E-state index >= 15 is 0 Å². The highest BCUT2D eigenvalue weighted by Gasteiger charge is 2.06. The molecule has 1 radical (unpaired) electrons. The van der Waals surface area contributed by atoms with Crippen LogP contribution in [0.15, 0.2) is 54.7 Å². The Morgan fingerprint density at radius 2 is 1.94 bits per heavy atom. The van der Waals surface area contributed by atoms with Crippen molar-refractivity contribution in [3.05, 3.63) is 66.4 Å². The largest absolute Gasteiger partial charge is 0.338 e. The number of nitrogens with zero attached hydrogens (tertiary/aromatic N) is 1. The normalized spacial score (nSPS) is 10.5. The summed E-state index contributed by atoms with van der Waals surface area (Å²) in [5.41, 5.74) is 4.49. The summed E-state index contributed by atoms with van der Waals surface area (Å²) in [5, 5.41) is 0. The minimum atomic E-state index is 0.897. The Bertz CT molecular complexity index is 654. The van der Waals surface area contributed by atoms with Crippen molar-refractivity contribution in [2.24, 2.45) is 0 Å². The van der Waals surface area contributed by atoms with Gasteiger partial charge in [0.15, 0.2) is 0 Å². The molecule has 2 nitrogen and oxygen atoms in total. The van der Waals surface area contributed by atoms with Crippen LogP contribution in [0.25, 0.3) is 22.6 Å². The van der Waals surface area contributed by atoms with Gasteiger partial charge in [0, 0.05) is 11.1 Å². The van der Waals surface area contributed by atoms with E-state index in [2.05, 4.69) is 29.0 Å². The van der Waals surface area contributed by atoms with Gasteiger partial charge < -0.3 is 4.98 Å². The summed E-state index contributed by atoms with van der Waals surface area (Å²) in [6.45, 7) is 2.09. The zero-order valence-electron chi connectivity index (χ0n) is 10.1. The molecule has 87 valence electrons. The van der Waals surface area contributed by atoms with Crippen LogP contribution < -0.4 is 0 Å². The number of aromatic nitrogens is 2. The van der Waals surface area contributed by atoms with Crippen LogP contribution in [-0.4, -0.2) is 9.97 Å². The Morgan fingerprint density at radius 3 is 2.72 bits per heavy atom. The second-order valence-electron chi connectivity index (χ2n) is 4.25. The van der Waals surface area contributed by atoms with E-state index in [0.29, 0.717) is 0 Å². The second-order valence-corrected chi connectivity index (χ2v) is 4.25. The molecule has 0 aliphatic rings. The summed E-state index contributed by atoms with van der Waals surface area (Å²) < 4.78 is 0. The smallest absolute Gasteiger partial charge is 0.137 e. The van der Waals surface area contributed by atoms with Crippen LogP contribution >= 0.6 is 0 Å². The third-order valence-corrected chi connectivity index (χ3v) is 3.00. The number of hydrogen-bond donors (Lipinski definition) is 1. The Kier molecular flexibility index (Phi) is 2.69. The number of hydrogen-bond acceptors (Lipinski definition) is 1. The predicted molar refractivity (Wildman–Crippen MR) is 73.0 cm³/mol. The fourth-order valence-electron chi connectivity index (χ4n) is 2.00. The molecule has 0 amide bonds. The molecule has 0 saturated heterocycles. The minimum Gasteiger partial charge on any atom is -0.338 e. The lowest BCUT2D eigenvalue weighted by molar-refractivity contribution is 1.30. The average molecular weight is 233 g/mol. The zero-order valence-corrected chi connectivity index (χ0v) is 10.1. The van der Waals surface area contributed by atoms with Crippen molar-refractivity contribution in [1.29, 1.82) is 0 Å². The number of nitrogens with one attached hydrogen (secondary N) is 1. The van der Waals surface area contributed by atoms with Crippen molar-refractivity contribution in [2.75, 3.05) is 0 Å². The lowest BCUT2D eigenvalue weighted by Gasteiger charge is -2.01. The standard InChI is InChI=1S/C16H13N2/c1-12-7-5-6-10-14(12)15-11-17-16(18-15)13-8-3-2-4-9-13/h2-5,7-11H,1H3,(H,17,18). The van der Waals surface area contributed by atoms with E-state index in [0.717, 1.165) is 22.6 Å². The van der Waals surface area contributed by atoms with E-state index < -0.39 is 0 Å². The third-order valence-electron chi connectivity index (χ3n) is 3.00. The summed E-state index contributed by atoms with van der Waals surface area (Å²) in [6.07, 6.45) is 1.87. The number of aryl methyl sites for hydroxylation is 1. The molecular formula is C16H13N2. The van der Waals surface area contributed by atoms with Crippen molar-refractivity contribution < 1.29 is 0 Å². The lowest BCUT2D eigenvalue weighted by Crippen LogP contribution is -1.83. The number of H-pyrrole nitrogens is 1. The molecule has 0 bridgehead atoms. The highest BCUT2D eigenvalue weighted by Crippen LogP contribution is 2.24. The van der Waals surface area contributed by atoms with Gasteiger partial charge in [0.25, 0.3) is 0 Å². The average Bonchev–Trinajstić information content (AvgIpc) is 2.90. The summed E-state index contributed by atoms with van der Waals surface area (Å²) >= 11 is 0. The van der Waals surface area contributed by atoms with Crippen LogP contribution in [0.3, 0.4) is 0 Å². The molecule has 2 aromatic carbocycles. The molecule has 2 heteroatoms. The van der Waals surface area contributed by atoms with Gasteiger partial charge in [-0.05, 0) is 24.6 Å². The molecule has 0 fully saturated rings. The molecule has 1 N–H and O–H groups in total. The van der Waals surface area contributed by atoms with E-state index in [-0.39, 0.29) is 0 Å². The highest BCUT2D eigenvalue weighted by molar-refractivity contribution is 5.66. The third kappa shape index (κ3) is 1.93. The summed E-state index contributed by atoms with van der Waals surface area (Å²) in [7, 11) is 0. The molecule has 1 heterocycles. The van der Waals surface area contributed by atoms with Gasteiger partial charge in [-0.1, -0.05) is 42.5 Å². The van der Waals surface area contributed by atoms with E-state index in [9.17, 15) is 0 Å². The maximum atomic E-state index is 4.43. The van der Waals surface area contributed by atoms with Gasteiger partial charge in [0.2, 0.25) is 0 Å². The van der Waals surface area contributed by atoms with Crippen molar-refractivity contribution in [3.63, 3.8) is 0 Å². The molecule has 0 atom stereocenters. The monoisotopic (exact) mass is 233 g/mol. The van der Waals surface area contributed by atoms with E-state index in [1.165, 1.54) is 5.56 Å². The molecule has 1 aromatic heterocycles. The Labute approximate surface area is 106 Å². The van der Waals surface area contributed by atoms with Crippen molar-refractivity contribution >= 4 is 0 Å². The zero-order chi connectivity index (χ0) is 12.4. The fraction of sp³-hybridized carbons (Fsp3) is 0.0625. The number of rotatable bonds is 2. The van der Waals surface area contributed by atoms with Gasteiger partial charge >= 0.3 is 0 Å². The van der Waals surface area contributed by atoms with Crippen molar-refractivity contribution in [3.8, 4) is 22.6 Å². The van der Waals surface area contributed by atoms with E-state index in [4.69, 9.17) is 0 Å². The first-order valence-electron chi connectivity index (χ1n) is 5.92. The first-order valence-corrected chi connectivity index (χ1v) is 5.92. The Balaban J connectivity index is 2.03. The Morgan fingerprint density at radius 1 is 1.11 bits per heavy atom. The van der Waals surface area contributed by atoms with Crippen LogP contribution in [0.4, 0.5) is 0 Å². The van der Waals surface area contributed by atoms with Gasteiger partial charge in [-0.3, -0.25) is 0 Å². The molecule has 3 aromatic rings. The predicted octanol–water partition coefficient (Wildman–Crippen LogP) is 3.85. The summed E-state index contributed by atoms with van der Waals surface area (Å²) in [4.78, 5) is 7.79. The highest BCUT2D eigenvalue weighted by atomic mass is 14.9. The molecule has 0 aliphatic carbocycles. The first kappa shape index (κ1) is 10.8. The second kappa shape index (κ2) is 4.49. The number of imidazole rings is 1. The molecule has 0 unspecified atom stereocenters. The fourth-order valence-corrected chi connectivity index (χ4v) is 2.00. The van der Waals surface area contributed by atoms with Crippen molar-refractivity contribution in [2.45, 2.75) is 6.92 Å². The van der Waals surface area contributed by atoms with Crippen LogP contribution in [0.1, 0.15) is 5.56 Å². The van der Waals surface area contributed by atoms with E-state index in [1.54, 1.807) is 0 Å². The molecule has 0 aliphatic heterocycles. The van der Waals surface area contributed by atoms with E-state index in [1.807, 2.05) is 48.7 Å². The quantitative estimate of drug-likeness (QED) is 0.715. The number of benzene rings is 2. The van der Waals surface area contributed by atoms with Gasteiger partial charge in [0.1, 0.15) is 5.82 Å². The molecule has 0 saturated carbocycles. The van der Waals surface area contributed by atoms with Gasteiger partial charge in [-0.25, -0.2) is 4.98 Å². The molecule has 0 spiro atoms. The van der Waals surface area contributed by atoms with Crippen LogP contribution in [0.2, 0.25) is 0 Å². The molecule has 3 rings (SSSR count). The first-order chi connectivity index (χ1) is 8.84. The molecular weight excluding hydrogens is 220 g/mol. The Hall–Kier alpha value is -2.35. The summed E-state index contributed by atoms with van der Waals surface area (Å²) in [6, 6.07) is 19.2. The van der Waals surface area contributed by atoms with Crippen molar-refractivity contribution in [1.82, 2.24) is 9.97 Å². The van der Waals surface area contributed by atoms with Crippen LogP contribution in [-0.2, 0) is 0 Å². The topological polar surface area (TPSA) is 28.7 Å². The molecule has 18 heavy (non-hydrogen) atoms. The maximum Gasteiger partial charge on any atom is 0.137 e. The van der Waals surface area contributed by atoms with Gasteiger partial charge in [-0.15, -0.1) is 0 Å². The lowest BCUT2D eigenvalue weighted by atomic mass is 10.1. The summed E-state index contributed by atoms with van der Waals surface area (Å²) in [5.74, 6) is 0.897. The minimum absolute atomic E-state index is 0.897.